The van der Waals surface area contributed by atoms with E-state index in [9.17, 15) is 5.11 Å². The zero-order chi connectivity index (χ0) is 13.3. The fourth-order valence-corrected chi connectivity index (χ4v) is 2.84. The van der Waals surface area contributed by atoms with Crippen LogP contribution in [-0.2, 0) is 13.6 Å². The van der Waals surface area contributed by atoms with Crippen molar-refractivity contribution in [2.45, 2.75) is 32.9 Å². The number of anilines is 1. The van der Waals surface area contributed by atoms with Crippen LogP contribution in [0, 0.1) is 12.8 Å². The molecule has 0 aliphatic carbocycles. The van der Waals surface area contributed by atoms with Crippen LogP contribution in [0.25, 0.3) is 0 Å². The number of aliphatic hydroxyl groups excluding tert-OH is 1. The van der Waals surface area contributed by atoms with E-state index in [0.29, 0.717) is 5.92 Å². The zero-order valence-corrected chi connectivity index (χ0v) is 11.8. The third-order valence-corrected chi connectivity index (χ3v) is 3.87. The molecule has 0 bridgehead atoms. The molecular weight excluding hydrogens is 228 g/mol. The minimum Gasteiger partial charge on any atom is -0.393 e. The van der Waals surface area contributed by atoms with E-state index in [0.717, 1.165) is 31.7 Å². The van der Waals surface area contributed by atoms with Gasteiger partial charge in [-0.3, -0.25) is 4.68 Å². The van der Waals surface area contributed by atoms with E-state index >= 15 is 0 Å². The molecule has 2 N–H and O–H groups in total. The van der Waals surface area contributed by atoms with Crippen molar-refractivity contribution in [1.29, 1.82) is 0 Å². The van der Waals surface area contributed by atoms with Crippen LogP contribution >= 0.6 is 0 Å². The van der Waals surface area contributed by atoms with Crippen LogP contribution in [0.5, 0.6) is 0 Å². The van der Waals surface area contributed by atoms with E-state index in [1.165, 1.54) is 11.4 Å². The highest BCUT2D eigenvalue weighted by molar-refractivity contribution is 5.51. The van der Waals surface area contributed by atoms with E-state index < -0.39 is 0 Å². The summed E-state index contributed by atoms with van der Waals surface area (Å²) in [7, 11) is 3.95. The highest BCUT2D eigenvalue weighted by Crippen LogP contribution is 2.29. The summed E-state index contributed by atoms with van der Waals surface area (Å²) in [6.07, 6.45) is 0.832. The molecule has 2 atom stereocenters. The summed E-state index contributed by atoms with van der Waals surface area (Å²) in [5.74, 6) is 1.58. The predicted molar refractivity (Wildman–Crippen MR) is 72.7 cm³/mol. The molecule has 2 rings (SSSR count). The van der Waals surface area contributed by atoms with E-state index in [2.05, 4.69) is 22.2 Å². The van der Waals surface area contributed by atoms with Gasteiger partial charge in [-0.15, -0.1) is 0 Å². The number of aryl methyl sites for hydroxylation is 2. The van der Waals surface area contributed by atoms with Gasteiger partial charge in [0.05, 0.1) is 11.8 Å². The standard InChI is InChI=1S/C13H24N4O/c1-9-12(7-14-3)13(16(4)15-9)17-6-5-11(8-17)10(2)18/h10-11,14,18H,5-8H2,1-4H3. The molecule has 0 saturated carbocycles. The van der Waals surface area contributed by atoms with Gasteiger partial charge in [0.25, 0.3) is 0 Å². The van der Waals surface area contributed by atoms with Crippen LogP contribution in [0.1, 0.15) is 24.6 Å². The number of hydrogen-bond acceptors (Lipinski definition) is 4. The van der Waals surface area contributed by atoms with Gasteiger partial charge in [-0.1, -0.05) is 0 Å². The average Bonchev–Trinajstić information content (AvgIpc) is 2.86. The summed E-state index contributed by atoms with van der Waals surface area (Å²) >= 11 is 0. The van der Waals surface area contributed by atoms with E-state index in [1.807, 2.05) is 25.7 Å². The van der Waals surface area contributed by atoms with Crippen LogP contribution in [-0.4, -0.2) is 41.1 Å². The number of aliphatic hydroxyl groups is 1. The summed E-state index contributed by atoms with van der Waals surface area (Å²) in [6, 6.07) is 0. The first-order valence-corrected chi connectivity index (χ1v) is 6.64. The Bertz CT molecular complexity index is 413. The second-order valence-electron chi connectivity index (χ2n) is 5.28. The molecule has 2 heterocycles. The molecule has 102 valence electrons. The van der Waals surface area contributed by atoms with Crippen molar-refractivity contribution in [2.75, 3.05) is 25.0 Å². The zero-order valence-electron chi connectivity index (χ0n) is 11.8. The van der Waals surface area contributed by atoms with Gasteiger partial charge in [-0.05, 0) is 27.3 Å². The number of rotatable bonds is 4. The van der Waals surface area contributed by atoms with Crippen molar-refractivity contribution < 1.29 is 5.11 Å². The van der Waals surface area contributed by atoms with Gasteiger partial charge in [-0.25, -0.2) is 0 Å². The Kier molecular flexibility index (Phi) is 3.92. The van der Waals surface area contributed by atoms with Gasteiger partial charge < -0.3 is 15.3 Å². The molecule has 1 aromatic heterocycles. The van der Waals surface area contributed by atoms with Crippen LogP contribution in [0.2, 0.25) is 0 Å². The lowest BCUT2D eigenvalue weighted by molar-refractivity contribution is 0.136. The molecule has 1 aliphatic rings. The average molecular weight is 252 g/mol. The summed E-state index contributed by atoms with van der Waals surface area (Å²) in [5.41, 5.74) is 2.36. The maximum Gasteiger partial charge on any atom is 0.131 e. The third kappa shape index (κ3) is 2.37. The maximum absolute atomic E-state index is 9.70. The smallest absolute Gasteiger partial charge is 0.131 e. The molecule has 0 aromatic carbocycles. The fraction of sp³-hybridized carbons (Fsp3) is 0.769. The third-order valence-electron chi connectivity index (χ3n) is 3.87. The predicted octanol–water partition coefficient (Wildman–Crippen LogP) is 0.655. The molecule has 1 aliphatic heterocycles. The second-order valence-corrected chi connectivity index (χ2v) is 5.28. The molecule has 1 saturated heterocycles. The van der Waals surface area contributed by atoms with Crippen molar-refractivity contribution in [3.8, 4) is 0 Å². The number of nitrogens with one attached hydrogen (secondary N) is 1. The summed E-state index contributed by atoms with van der Waals surface area (Å²) in [4.78, 5) is 2.35. The molecule has 18 heavy (non-hydrogen) atoms. The second kappa shape index (κ2) is 5.28. The number of nitrogens with zero attached hydrogens (tertiary/aromatic N) is 3. The SMILES string of the molecule is CNCc1c(C)nn(C)c1N1CCC(C(C)O)C1. The van der Waals surface area contributed by atoms with Crippen LogP contribution < -0.4 is 10.2 Å². The molecule has 5 heteroatoms. The first-order valence-electron chi connectivity index (χ1n) is 6.64. The normalized spacial score (nSPS) is 21.6. The number of aromatic nitrogens is 2. The monoisotopic (exact) mass is 252 g/mol. The molecule has 0 radical (unpaired) electrons. The maximum atomic E-state index is 9.70. The Labute approximate surface area is 109 Å². The van der Waals surface area contributed by atoms with E-state index in [4.69, 9.17) is 0 Å². The van der Waals surface area contributed by atoms with Crippen molar-refractivity contribution in [2.24, 2.45) is 13.0 Å². The van der Waals surface area contributed by atoms with Gasteiger partial charge >= 0.3 is 0 Å². The lowest BCUT2D eigenvalue weighted by atomic mass is 10.0. The topological polar surface area (TPSA) is 53.3 Å². The molecule has 0 spiro atoms. The largest absolute Gasteiger partial charge is 0.393 e. The Morgan fingerprint density at radius 1 is 1.56 bits per heavy atom. The molecule has 1 fully saturated rings. The van der Waals surface area contributed by atoms with Crippen LogP contribution in [0.4, 0.5) is 5.82 Å². The first-order chi connectivity index (χ1) is 8.54. The van der Waals surface area contributed by atoms with Gasteiger partial charge in [0, 0.05) is 38.2 Å². The Morgan fingerprint density at radius 3 is 2.83 bits per heavy atom. The van der Waals surface area contributed by atoms with Crippen molar-refractivity contribution >= 4 is 5.82 Å². The quantitative estimate of drug-likeness (QED) is 0.826. The summed E-state index contributed by atoms with van der Waals surface area (Å²) < 4.78 is 1.96. The Hall–Kier alpha value is -1.07. The molecule has 5 nitrogen and oxygen atoms in total. The molecule has 2 unspecified atom stereocenters. The van der Waals surface area contributed by atoms with Crippen LogP contribution in [0.3, 0.4) is 0 Å². The van der Waals surface area contributed by atoms with Gasteiger partial charge in [0.15, 0.2) is 0 Å². The highest BCUT2D eigenvalue weighted by atomic mass is 16.3. The Morgan fingerprint density at radius 2 is 2.28 bits per heavy atom. The minimum atomic E-state index is -0.225. The molecular formula is C13H24N4O. The summed E-state index contributed by atoms with van der Waals surface area (Å²) in [6.45, 7) is 6.71. The molecule has 0 amide bonds. The van der Waals surface area contributed by atoms with Crippen LogP contribution in [0.15, 0.2) is 0 Å². The van der Waals surface area contributed by atoms with Crippen molar-refractivity contribution in [1.82, 2.24) is 15.1 Å². The van der Waals surface area contributed by atoms with Gasteiger partial charge in [0.2, 0.25) is 0 Å². The van der Waals surface area contributed by atoms with Gasteiger partial charge in [-0.2, -0.15) is 5.10 Å². The van der Waals surface area contributed by atoms with Crippen molar-refractivity contribution in [3.63, 3.8) is 0 Å². The summed E-state index contributed by atoms with van der Waals surface area (Å²) in [5, 5.41) is 17.4. The first kappa shape index (κ1) is 13.4. The van der Waals surface area contributed by atoms with Gasteiger partial charge in [0.1, 0.15) is 5.82 Å². The Balaban J connectivity index is 2.23. The highest BCUT2D eigenvalue weighted by Gasteiger charge is 2.29. The molecule has 1 aromatic rings. The van der Waals surface area contributed by atoms with Crippen molar-refractivity contribution in [3.05, 3.63) is 11.3 Å². The lowest BCUT2D eigenvalue weighted by Gasteiger charge is -2.21. The number of hydrogen-bond donors (Lipinski definition) is 2. The fourth-order valence-electron chi connectivity index (χ4n) is 2.84. The lowest BCUT2D eigenvalue weighted by Crippen LogP contribution is -2.26. The van der Waals surface area contributed by atoms with E-state index in [1.54, 1.807) is 0 Å². The minimum absolute atomic E-state index is 0.225. The van der Waals surface area contributed by atoms with E-state index in [-0.39, 0.29) is 6.10 Å².